The molecule has 0 saturated heterocycles. The van der Waals surface area contributed by atoms with Crippen LogP contribution >= 0.6 is 15.9 Å². The average Bonchev–Trinajstić information content (AvgIpc) is 2.39. The highest BCUT2D eigenvalue weighted by atomic mass is 79.9. The minimum atomic E-state index is 0.950. The van der Waals surface area contributed by atoms with E-state index >= 15 is 0 Å². The maximum Gasteiger partial charge on any atom is 0.0630 e. The van der Waals surface area contributed by atoms with Crippen LogP contribution in [0.1, 0.15) is 11.3 Å². The summed E-state index contributed by atoms with van der Waals surface area (Å²) in [6, 6.07) is 16.0. The van der Waals surface area contributed by atoms with Crippen LogP contribution in [-0.4, -0.2) is 4.98 Å². The van der Waals surface area contributed by atoms with Gasteiger partial charge in [-0.3, -0.25) is 4.98 Å². The number of allylic oxidation sites excluding steroid dienone is 2. The Labute approximate surface area is 110 Å². The van der Waals surface area contributed by atoms with Crippen LogP contribution in [0, 0.1) is 0 Å². The molecule has 17 heavy (non-hydrogen) atoms. The second-order valence-electron chi connectivity index (χ2n) is 3.53. The lowest BCUT2D eigenvalue weighted by molar-refractivity contribution is 1.30. The Balaban J connectivity index is 2.09. The monoisotopic (exact) mass is 285 g/mol. The van der Waals surface area contributed by atoms with Crippen molar-refractivity contribution in [2.24, 2.45) is 0 Å². The van der Waals surface area contributed by atoms with Gasteiger partial charge in [-0.1, -0.05) is 52.3 Å². The van der Waals surface area contributed by atoms with E-state index in [2.05, 4.69) is 39.1 Å². The second kappa shape index (κ2) is 6.16. The summed E-state index contributed by atoms with van der Waals surface area (Å²) in [5.74, 6) is 0. The number of nitrogens with zero attached hydrogens (tertiary/aromatic N) is 1. The first-order valence-electron chi connectivity index (χ1n) is 5.36. The molecular formula is C15H12BrN. The molecule has 2 heteroatoms. The standard InChI is InChI=1S/C15H12BrN/c16-14(12-13-6-2-1-3-7-13)9-10-15-8-4-5-11-17-15/h1-12H/b10-9+,14-12-. The number of hydrogen-bond acceptors (Lipinski definition) is 1. The van der Waals surface area contributed by atoms with Crippen LogP contribution in [0.15, 0.2) is 65.3 Å². The van der Waals surface area contributed by atoms with E-state index in [1.54, 1.807) is 6.20 Å². The van der Waals surface area contributed by atoms with E-state index in [4.69, 9.17) is 0 Å². The molecule has 1 aromatic heterocycles. The van der Waals surface area contributed by atoms with Gasteiger partial charge >= 0.3 is 0 Å². The Morgan fingerprint density at radius 1 is 1.00 bits per heavy atom. The molecule has 0 unspecified atom stereocenters. The van der Waals surface area contributed by atoms with E-state index in [0.717, 1.165) is 10.2 Å². The van der Waals surface area contributed by atoms with Crippen molar-refractivity contribution in [2.75, 3.05) is 0 Å². The zero-order chi connectivity index (χ0) is 11.9. The number of benzene rings is 1. The highest BCUT2D eigenvalue weighted by Crippen LogP contribution is 2.14. The molecule has 0 fully saturated rings. The molecule has 0 aliphatic rings. The molecule has 0 N–H and O–H groups in total. The molecule has 84 valence electrons. The summed E-state index contributed by atoms with van der Waals surface area (Å²) >= 11 is 3.52. The van der Waals surface area contributed by atoms with Crippen molar-refractivity contribution >= 4 is 28.1 Å². The highest BCUT2D eigenvalue weighted by Gasteiger charge is 1.89. The van der Waals surface area contributed by atoms with Crippen molar-refractivity contribution in [3.63, 3.8) is 0 Å². The molecular weight excluding hydrogens is 274 g/mol. The van der Waals surface area contributed by atoms with Crippen LogP contribution in [0.4, 0.5) is 0 Å². The molecule has 2 aromatic rings. The zero-order valence-electron chi connectivity index (χ0n) is 9.25. The predicted octanol–water partition coefficient (Wildman–Crippen LogP) is 4.53. The molecule has 0 spiro atoms. The molecule has 0 radical (unpaired) electrons. The SMILES string of the molecule is BrC(=C\c1ccccc1)/C=C/c1ccccn1. The van der Waals surface area contributed by atoms with Gasteiger partial charge in [0.1, 0.15) is 0 Å². The lowest BCUT2D eigenvalue weighted by Crippen LogP contribution is -1.76. The van der Waals surface area contributed by atoms with Crippen LogP contribution in [-0.2, 0) is 0 Å². The molecule has 2 rings (SSSR count). The van der Waals surface area contributed by atoms with Crippen LogP contribution in [0.3, 0.4) is 0 Å². The van der Waals surface area contributed by atoms with E-state index < -0.39 is 0 Å². The normalized spacial score (nSPS) is 11.9. The minimum absolute atomic E-state index is 0.950. The van der Waals surface area contributed by atoms with Gasteiger partial charge < -0.3 is 0 Å². The lowest BCUT2D eigenvalue weighted by Gasteiger charge is -1.94. The quantitative estimate of drug-likeness (QED) is 0.755. The molecule has 0 amide bonds. The van der Waals surface area contributed by atoms with Gasteiger partial charge in [0, 0.05) is 10.7 Å². The predicted molar refractivity (Wildman–Crippen MR) is 76.6 cm³/mol. The maximum absolute atomic E-state index is 4.22. The molecule has 0 saturated carbocycles. The van der Waals surface area contributed by atoms with Gasteiger partial charge in [-0.05, 0) is 35.9 Å². The van der Waals surface area contributed by atoms with Crippen molar-refractivity contribution in [3.05, 3.63) is 76.5 Å². The summed E-state index contributed by atoms with van der Waals surface area (Å²) in [5, 5.41) is 0. The first kappa shape index (κ1) is 11.8. The Hall–Kier alpha value is -1.67. The Kier molecular flexibility index (Phi) is 4.28. The second-order valence-corrected chi connectivity index (χ2v) is 4.44. The Morgan fingerprint density at radius 2 is 1.76 bits per heavy atom. The topological polar surface area (TPSA) is 12.9 Å². The molecule has 0 bridgehead atoms. The van der Waals surface area contributed by atoms with Gasteiger partial charge in [-0.15, -0.1) is 0 Å². The highest BCUT2D eigenvalue weighted by molar-refractivity contribution is 9.12. The Morgan fingerprint density at radius 3 is 2.47 bits per heavy atom. The van der Waals surface area contributed by atoms with Crippen molar-refractivity contribution in [1.29, 1.82) is 0 Å². The molecule has 1 nitrogen and oxygen atoms in total. The van der Waals surface area contributed by atoms with E-state index in [1.165, 1.54) is 5.56 Å². The third-order valence-electron chi connectivity index (χ3n) is 2.21. The van der Waals surface area contributed by atoms with Gasteiger partial charge in [0.2, 0.25) is 0 Å². The van der Waals surface area contributed by atoms with Crippen molar-refractivity contribution in [3.8, 4) is 0 Å². The summed E-state index contributed by atoms with van der Waals surface area (Å²) in [6.07, 6.45) is 7.83. The van der Waals surface area contributed by atoms with Gasteiger partial charge in [0.15, 0.2) is 0 Å². The van der Waals surface area contributed by atoms with Crippen molar-refractivity contribution in [1.82, 2.24) is 4.98 Å². The summed E-state index contributed by atoms with van der Waals surface area (Å²) < 4.78 is 1.02. The first-order valence-corrected chi connectivity index (χ1v) is 6.15. The van der Waals surface area contributed by atoms with Gasteiger partial charge in [0.25, 0.3) is 0 Å². The summed E-state index contributed by atoms with van der Waals surface area (Å²) in [5.41, 5.74) is 2.12. The van der Waals surface area contributed by atoms with Gasteiger partial charge in [-0.2, -0.15) is 0 Å². The third kappa shape index (κ3) is 4.00. The third-order valence-corrected chi connectivity index (χ3v) is 2.70. The Bertz CT molecular complexity index is 515. The first-order chi connectivity index (χ1) is 8.34. The number of aromatic nitrogens is 1. The van der Waals surface area contributed by atoms with E-state index in [9.17, 15) is 0 Å². The zero-order valence-corrected chi connectivity index (χ0v) is 10.8. The molecule has 0 atom stereocenters. The fourth-order valence-electron chi connectivity index (χ4n) is 1.40. The maximum atomic E-state index is 4.22. The molecule has 1 heterocycles. The summed E-state index contributed by atoms with van der Waals surface area (Å²) in [4.78, 5) is 4.22. The van der Waals surface area contributed by atoms with Gasteiger partial charge in [0.05, 0.1) is 5.69 Å². The van der Waals surface area contributed by atoms with Crippen molar-refractivity contribution in [2.45, 2.75) is 0 Å². The van der Waals surface area contributed by atoms with E-state index in [1.807, 2.05) is 48.6 Å². The fourth-order valence-corrected chi connectivity index (χ4v) is 1.79. The number of rotatable bonds is 3. The van der Waals surface area contributed by atoms with E-state index in [-0.39, 0.29) is 0 Å². The number of halogens is 1. The van der Waals surface area contributed by atoms with Crippen LogP contribution in [0.5, 0.6) is 0 Å². The summed E-state index contributed by atoms with van der Waals surface area (Å²) in [6.45, 7) is 0. The molecule has 1 aromatic carbocycles. The molecule has 0 aliphatic heterocycles. The summed E-state index contributed by atoms with van der Waals surface area (Å²) in [7, 11) is 0. The lowest BCUT2D eigenvalue weighted by atomic mass is 10.2. The number of pyridine rings is 1. The minimum Gasteiger partial charge on any atom is -0.257 e. The molecule has 0 aliphatic carbocycles. The van der Waals surface area contributed by atoms with Crippen molar-refractivity contribution < 1.29 is 0 Å². The van der Waals surface area contributed by atoms with Crippen LogP contribution < -0.4 is 0 Å². The van der Waals surface area contributed by atoms with Gasteiger partial charge in [-0.25, -0.2) is 0 Å². The number of hydrogen-bond donors (Lipinski definition) is 0. The largest absolute Gasteiger partial charge is 0.257 e. The van der Waals surface area contributed by atoms with Crippen LogP contribution in [0.2, 0.25) is 0 Å². The van der Waals surface area contributed by atoms with Crippen LogP contribution in [0.25, 0.3) is 12.2 Å². The smallest absolute Gasteiger partial charge is 0.0630 e. The fraction of sp³-hybridized carbons (Fsp3) is 0. The van der Waals surface area contributed by atoms with E-state index in [0.29, 0.717) is 0 Å². The average molecular weight is 286 g/mol.